The number of methoxy groups -OCH3 is 1. The van der Waals surface area contributed by atoms with Gasteiger partial charge in [0.15, 0.2) is 0 Å². The van der Waals surface area contributed by atoms with Gasteiger partial charge in [-0.3, -0.25) is 4.79 Å². The van der Waals surface area contributed by atoms with E-state index in [-0.39, 0.29) is 24.1 Å². The maximum absolute atomic E-state index is 13.6. The molecule has 1 N–H and O–H groups in total. The Bertz CT molecular complexity index is 951. The van der Waals surface area contributed by atoms with Gasteiger partial charge in [0.1, 0.15) is 0 Å². The highest BCUT2D eigenvalue weighted by molar-refractivity contribution is 5.92. The lowest BCUT2D eigenvalue weighted by Crippen LogP contribution is -2.47. The standard InChI is InChI=1S/C25H33F3N2O4/c1-15-14-34-9-6-21(15)29-18-4-7-24(2,12-18)23(32)30-8-5-19-16(13-30)10-17(25(26,27)28)11-20(19)22(31)33-3/h10-11,15,18,21,29H,4-9,12-14H2,1-3H3. The van der Waals surface area contributed by atoms with Gasteiger partial charge >= 0.3 is 12.1 Å². The van der Waals surface area contributed by atoms with Crippen molar-refractivity contribution in [3.8, 4) is 0 Å². The van der Waals surface area contributed by atoms with E-state index in [4.69, 9.17) is 9.47 Å². The molecule has 1 saturated heterocycles. The Kier molecular flexibility index (Phi) is 6.97. The van der Waals surface area contributed by atoms with Gasteiger partial charge in [-0.25, -0.2) is 4.79 Å². The van der Waals surface area contributed by atoms with Gasteiger partial charge in [0.2, 0.25) is 5.91 Å². The van der Waals surface area contributed by atoms with E-state index in [1.54, 1.807) is 4.90 Å². The summed E-state index contributed by atoms with van der Waals surface area (Å²) in [7, 11) is 1.15. The molecule has 2 aliphatic heterocycles. The highest BCUT2D eigenvalue weighted by Crippen LogP contribution is 2.42. The van der Waals surface area contributed by atoms with E-state index in [1.165, 1.54) is 0 Å². The number of carbonyl (C=O) groups excluding carboxylic acids is 2. The van der Waals surface area contributed by atoms with Crippen molar-refractivity contribution in [1.82, 2.24) is 10.2 Å². The lowest BCUT2D eigenvalue weighted by molar-refractivity contribution is -0.142. The van der Waals surface area contributed by atoms with Crippen molar-refractivity contribution in [2.75, 3.05) is 26.9 Å². The molecule has 4 rings (SSSR count). The number of nitrogens with one attached hydrogen (secondary N) is 1. The van der Waals surface area contributed by atoms with Crippen LogP contribution in [-0.4, -0.2) is 55.7 Å². The average molecular weight is 483 g/mol. The first-order valence-corrected chi connectivity index (χ1v) is 12.0. The molecule has 0 aromatic heterocycles. The van der Waals surface area contributed by atoms with E-state index in [0.29, 0.717) is 42.5 Å². The maximum Gasteiger partial charge on any atom is 0.416 e. The van der Waals surface area contributed by atoms with E-state index in [9.17, 15) is 22.8 Å². The third kappa shape index (κ3) is 4.96. The highest BCUT2D eigenvalue weighted by Gasteiger charge is 2.45. The van der Waals surface area contributed by atoms with Crippen LogP contribution in [0.5, 0.6) is 0 Å². The fourth-order valence-electron chi connectivity index (χ4n) is 5.72. The second-order valence-corrected chi connectivity index (χ2v) is 10.2. The molecule has 34 heavy (non-hydrogen) atoms. The number of rotatable bonds is 4. The number of hydrogen-bond acceptors (Lipinski definition) is 5. The summed E-state index contributed by atoms with van der Waals surface area (Å²) < 4.78 is 50.7. The Morgan fingerprint density at radius 1 is 1.26 bits per heavy atom. The van der Waals surface area contributed by atoms with Gasteiger partial charge in [-0.15, -0.1) is 0 Å². The monoisotopic (exact) mass is 482 g/mol. The molecular formula is C25H33F3N2O4. The Balaban J connectivity index is 1.49. The molecule has 9 heteroatoms. The summed E-state index contributed by atoms with van der Waals surface area (Å²) in [5.74, 6) is -0.401. The molecule has 1 aromatic carbocycles. The van der Waals surface area contributed by atoms with Crippen LogP contribution < -0.4 is 5.32 Å². The summed E-state index contributed by atoms with van der Waals surface area (Å²) >= 11 is 0. The maximum atomic E-state index is 13.6. The molecule has 1 saturated carbocycles. The topological polar surface area (TPSA) is 67.9 Å². The summed E-state index contributed by atoms with van der Waals surface area (Å²) in [6.45, 7) is 6.04. The van der Waals surface area contributed by atoms with Gasteiger partial charge < -0.3 is 19.7 Å². The average Bonchev–Trinajstić information content (AvgIpc) is 3.19. The van der Waals surface area contributed by atoms with Crippen LogP contribution >= 0.6 is 0 Å². The summed E-state index contributed by atoms with van der Waals surface area (Å²) in [6.07, 6.45) is -0.991. The fourth-order valence-corrected chi connectivity index (χ4v) is 5.72. The van der Waals surface area contributed by atoms with Gasteiger partial charge in [0.25, 0.3) is 0 Å². The third-order valence-electron chi connectivity index (χ3n) is 7.70. The van der Waals surface area contributed by atoms with Gasteiger partial charge in [0, 0.05) is 37.2 Å². The molecule has 0 spiro atoms. The molecule has 0 radical (unpaired) electrons. The van der Waals surface area contributed by atoms with E-state index in [2.05, 4.69) is 12.2 Å². The zero-order chi connectivity index (χ0) is 24.7. The number of carbonyl (C=O) groups is 2. The smallest absolute Gasteiger partial charge is 0.416 e. The lowest BCUT2D eigenvalue weighted by atomic mass is 9.84. The minimum Gasteiger partial charge on any atom is -0.465 e. The molecule has 4 atom stereocenters. The van der Waals surface area contributed by atoms with E-state index < -0.39 is 23.1 Å². The van der Waals surface area contributed by atoms with E-state index >= 15 is 0 Å². The van der Waals surface area contributed by atoms with Crippen molar-refractivity contribution in [2.45, 2.75) is 70.8 Å². The quantitative estimate of drug-likeness (QED) is 0.659. The summed E-state index contributed by atoms with van der Waals surface area (Å²) in [5, 5.41) is 3.72. The lowest BCUT2D eigenvalue weighted by Gasteiger charge is -2.36. The minimum absolute atomic E-state index is 0.0282. The molecule has 2 fully saturated rings. The molecular weight excluding hydrogens is 449 g/mol. The van der Waals surface area contributed by atoms with Crippen LogP contribution in [0.15, 0.2) is 12.1 Å². The molecule has 3 aliphatic rings. The Hall–Kier alpha value is -2.13. The molecule has 6 nitrogen and oxygen atoms in total. The van der Waals surface area contributed by atoms with Crippen LogP contribution in [0, 0.1) is 11.3 Å². The number of amides is 1. The van der Waals surface area contributed by atoms with Gasteiger partial charge in [0.05, 0.1) is 24.8 Å². The molecule has 1 amide bonds. The normalized spacial score (nSPS) is 29.6. The SMILES string of the molecule is COC(=O)c1cc(C(F)(F)F)cc2c1CCN(C(=O)C1(C)CCC(NC3CCOCC3C)C1)C2. The second-order valence-electron chi connectivity index (χ2n) is 10.2. The van der Waals surface area contributed by atoms with E-state index in [1.807, 2.05) is 6.92 Å². The zero-order valence-corrected chi connectivity index (χ0v) is 20.0. The third-order valence-corrected chi connectivity index (χ3v) is 7.70. The zero-order valence-electron chi connectivity index (χ0n) is 20.0. The fraction of sp³-hybridized carbons (Fsp3) is 0.680. The van der Waals surface area contributed by atoms with Crippen molar-refractivity contribution in [3.05, 3.63) is 34.4 Å². The predicted octanol–water partition coefficient (Wildman–Crippen LogP) is 3.95. The van der Waals surface area contributed by atoms with Crippen molar-refractivity contribution in [2.24, 2.45) is 11.3 Å². The second kappa shape index (κ2) is 9.49. The Morgan fingerprint density at radius 3 is 2.71 bits per heavy atom. The van der Waals surface area contributed by atoms with Gasteiger partial charge in [-0.2, -0.15) is 13.2 Å². The van der Waals surface area contributed by atoms with Crippen molar-refractivity contribution in [3.63, 3.8) is 0 Å². The number of benzene rings is 1. The summed E-state index contributed by atoms with van der Waals surface area (Å²) in [6, 6.07) is 2.53. The highest BCUT2D eigenvalue weighted by atomic mass is 19.4. The predicted molar refractivity (Wildman–Crippen MR) is 119 cm³/mol. The number of ether oxygens (including phenoxy) is 2. The van der Waals surface area contributed by atoms with Gasteiger partial charge in [-0.05, 0) is 61.3 Å². The molecule has 1 aliphatic carbocycles. The molecule has 2 heterocycles. The van der Waals surface area contributed by atoms with Crippen LogP contribution in [0.1, 0.15) is 66.6 Å². The number of fused-ring (bicyclic) bond motifs is 1. The summed E-state index contributed by atoms with van der Waals surface area (Å²) in [4.78, 5) is 27.4. The van der Waals surface area contributed by atoms with Crippen molar-refractivity contribution < 1.29 is 32.2 Å². The number of esters is 1. The molecule has 188 valence electrons. The largest absolute Gasteiger partial charge is 0.465 e. The number of halogens is 3. The molecule has 1 aromatic rings. The Labute approximate surface area is 198 Å². The number of nitrogens with zero attached hydrogens (tertiary/aromatic N) is 1. The van der Waals surface area contributed by atoms with Crippen LogP contribution in [-0.2, 0) is 33.4 Å². The van der Waals surface area contributed by atoms with Crippen LogP contribution in [0.3, 0.4) is 0 Å². The van der Waals surface area contributed by atoms with Crippen LogP contribution in [0.4, 0.5) is 13.2 Å². The number of alkyl halides is 3. The van der Waals surface area contributed by atoms with Crippen LogP contribution in [0.2, 0.25) is 0 Å². The van der Waals surface area contributed by atoms with Crippen LogP contribution in [0.25, 0.3) is 0 Å². The number of hydrogen-bond donors (Lipinski definition) is 1. The first kappa shape index (κ1) is 25.0. The van der Waals surface area contributed by atoms with Crippen molar-refractivity contribution in [1.29, 1.82) is 0 Å². The molecule has 4 unspecified atom stereocenters. The first-order chi connectivity index (χ1) is 16.0. The first-order valence-electron chi connectivity index (χ1n) is 12.0. The molecule has 0 bridgehead atoms. The Morgan fingerprint density at radius 2 is 2.03 bits per heavy atom. The van der Waals surface area contributed by atoms with Gasteiger partial charge in [-0.1, -0.05) is 13.8 Å². The minimum atomic E-state index is -4.60. The van der Waals surface area contributed by atoms with E-state index in [0.717, 1.165) is 51.7 Å². The summed E-state index contributed by atoms with van der Waals surface area (Å²) in [5.41, 5.74) is -0.629. The van der Waals surface area contributed by atoms with Crippen molar-refractivity contribution >= 4 is 11.9 Å².